The van der Waals surface area contributed by atoms with Crippen LogP contribution in [0.3, 0.4) is 0 Å². The summed E-state index contributed by atoms with van der Waals surface area (Å²) in [6, 6.07) is 7.89. The number of hydrogen-bond donors (Lipinski definition) is 1. The number of ether oxygens (including phenoxy) is 1. The minimum atomic E-state index is 0.459. The summed E-state index contributed by atoms with van der Waals surface area (Å²) in [7, 11) is 1.89. The summed E-state index contributed by atoms with van der Waals surface area (Å²) in [6.45, 7) is 3.10. The maximum atomic E-state index is 5.70. The van der Waals surface area contributed by atoms with Gasteiger partial charge in [0.25, 0.3) is 0 Å². The van der Waals surface area contributed by atoms with Gasteiger partial charge in [-0.05, 0) is 47.1 Å². The molecule has 4 nitrogen and oxygen atoms in total. The first-order valence-electron chi connectivity index (χ1n) is 5.82. The molecule has 0 aliphatic heterocycles. The smallest absolute Gasteiger partial charge is 0.119 e. The summed E-state index contributed by atoms with van der Waals surface area (Å²) >= 11 is 3.55. The Labute approximate surface area is 115 Å². The average Bonchev–Trinajstić information content (AvgIpc) is 2.66. The molecule has 1 aromatic carbocycles. The number of halogens is 1. The zero-order valence-electron chi connectivity index (χ0n) is 10.5. The first kappa shape index (κ1) is 13.1. The average molecular weight is 310 g/mol. The number of aromatic nitrogens is 2. The largest absolute Gasteiger partial charge is 0.494 e. The molecule has 0 unspecified atom stereocenters. The van der Waals surface area contributed by atoms with Crippen LogP contribution >= 0.6 is 15.9 Å². The van der Waals surface area contributed by atoms with Gasteiger partial charge in [0.1, 0.15) is 11.4 Å². The minimum absolute atomic E-state index is 0.459. The SMILES string of the molecule is CCOc1ccc(-c2nn(C)c(CN)c2Br)cc1. The fraction of sp³-hybridized carbons (Fsp3) is 0.308. The molecule has 0 aliphatic rings. The lowest BCUT2D eigenvalue weighted by molar-refractivity contribution is 0.340. The highest BCUT2D eigenvalue weighted by Gasteiger charge is 2.14. The molecule has 0 atom stereocenters. The van der Waals surface area contributed by atoms with Crippen LogP contribution in [0.5, 0.6) is 5.75 Å². The maximum Gasteiger partial charge on any atom is 0.119 e. The van der Waals surface area contributed by atoms with Crippen LogP contribution in [0, 0.1) is 0 Å². The molecule has 2 rings (SSSR count). The molecule has 0 radical (unpaired) electrons. The van der Waals surface area contributed by atoms with Crippen molar-refractivity contribution in [1.82, 2.24) is 9.78 Å². The van der Waals surface area contributed by atoms with Crippen LogP contribution in [0.2, 0.25) is 0 Å². The van der Waals surface area contributed by atoms with Crippen LogP contribution in [-0.4, -0.2) is 16.4 Å². The summed E-state index contributed by atoms with van der Waals surface area (Å²) in [4.78, 5) is 0. The minimum Gasteiger partial charge on any atom is -0.494 e. The molecule has 0 saturated heterocycles. The highest BCUT2D eigenvalue weighted by Crippen LogP contribution is 2.30. The van der Waals surface area contributed by atoms with E-state index in [2.05, 4.69) is 21.0 Å². The van der Waals surface area contributed by atoms with Crippen LogP contribution in [0.4, 0.5) is 0 Å². The van der Waals surface area contributed by atoms with Gasteiger partial charge in [0.05, 0.1) is 16.8 Å². The van der Waals surface area contributed by atoms with Crippen molar-refractivity contribution in [3.63, 3.8) is 0 Å². The molecule has 0 amide bonds. The number of aryl methyl sites for hydroxylation is 1. The molecule has 2 N–H and O–H groups in total. The molecule has 0 saturated carbocycles. The van der Waals surface area contributed by atoms with Gasteiger partial charge in [0.15, 0.2) is 0 Å². The second kappa shape index (κ2) is 5.54. The van der Waals surface area contributed by atoms with Crippen LogP contribution < -0.4 is 10.5 Å². The Bertz CT molecular complexity index is 534. The summed E-state index contributed by atoms with van der Waals surface area (Å²) in [5, 5.41) is 4.48. The molecule has 1 aromatic heterocycles. The standard InChI is InChI=1S/C13H16BrN3O/c1-3-18-10-6-4-9(5-7-10)13-12(14)11(8-15)17(2)16-13/h4-7H,3,8,15H2,1-2H3. The third-order valence-electron chi connectivity index (χ3n) is 2.73. The zero-order chi connectivity index (χ0) is 13.1. The van der Waals surface area contributed by atoms with Gasteiger partial charge in [0, 0.05) is 19.2 Å². The van der Waals surface area contributed by atoms with Crippen molar-refractivity contribution in [3.8, 4) is 17.0 Å². The lowest BCUT2D eigenvalue weighted by atomic mass is 10.1. The lowest BCUT2D eigenvalue weighted by Crippen LogP contribution is -2.04. The Morgan fingerprint density at radius 2 is 2.00 bits per heavy atom. The van der Waals surface area contributed by atoms with Crippen LogP contribution in [0.15, 0.2) is 28.7 Å². The Hall–Kier alpha value is -1.33. The van der Waals surface area contributed by atoms with Crippen LogP contribution in [0.1, 0.15) is 12.6 Å². The van der Waals surface area contributed by atoms with Crippen LogP contribution in [0.25, 0.3) is 11.3 Å². The van der Waals surface area contributed by atoms with Gasteiger partial charge in [0.2, 0.25) is 0 Å². The van der Waals surface area contributed by atoms with Gasteiger partial charge in [-0.15, -0.1) is 0 Å². The van der Waals surface area contributed by atoms with Crippen LogP contribution in [-0.2, 0) is 13.6 Å². The number of benzene rings is 1. The highest BCUT2D eigenvalue weighted by molar-refractivity contribution is 9.10. The van der Waals surface area contributed by atoms with E-state index in [0.717, 1.165) is 27.2 Å². The molecule has 5 heteroatoms. The number of nitrogens with two attached hydrogens (primary N) is 1. The molecule has 18 heavy (non-hydrogen) atoms. The van der Waals surface area contributed by atoms with Crippen molar-refractivity contribution >= 4 is 15.9 Å². The predicted molar refractivity (Wildman–Crippen MR) is 75.4 cm³/mol. The zero-order valence-corrected chi connectivity index (χ0v) is 12.1. The Balaban J connectivity index is 2.36. The van der Waals surface area contributed by atoms with E-state index in [1.54, 1.807) is 4.68 Å². The second-order valence-corrected chi connectivity index (χ2v) is 4.69. The monoisotopic (exact) mass is 309 g/mol. The topological polar surface area (TPSA) is 53.1 Å². The summed E-state index contributed by atoms with van der Waals surface area (Å²) < 4.78 is 8.18. The van der Waals surface area contributed by atoms with Crippen molar-refractivity contribution < 1.29 is 4.74 Å². The maximum absolute atomic E-state index is 5.70. The Morgan fingerprint density at radius 3 is 2.50 bits per heavy atom. The van der Waals surface area contributed by atoms with Crippen molar-refractivity contribution in [2.75, 3.05) is 6.61 Å². The molecular formula is C13H16BrN3O. The number of rotatable bonds is 4. The van der Waals surface area contributed by atoms with Gasteiger partial charge in [-0.2, -0.15) is 5.10 Å². The van der Waals surface area contributed by atoms with Crippen molar-refractivity contribution in [2.45, 2.75) is 13.5 Å². The van der Waals surface area contributed by atoms with E-state index in [1.165, 1.54) is 0 Å². The van der Waals surface area contributed by atoms with Crippen molar-refractivity contribution in [2.24, 2.45) is 12.8 Å². The summed E-state index contributed by atoms with van der Waals surface area (Å²) in [5.41, 5.74) is 8.63. The van der Waals surface area contributed by atoms with Gasteiger partial charge in [-0.1, -0.05) is 0 Å². The van der Waals surface area contributed by atoms with Gasteiger partial charge in [-0.3, -0.25) is 4.68 Å². The van der Waals surface area contributed by atoms with Crippen molar-refractivity contribution in [3.05, 3.63) is 34.4 Å². The second-order valence-electron chi connectivity index (χ2n) is 3.89. The van der Waals surface area contributed by atoms with E-state index >= 15 is 0 Å². The van der Waals surface area contributed by atoms with E-state index in [-0.39, 0.29) is 0 Å². The molecule has 1 heterocycles. The summed E-state index contributed by atoms with van der Waals surface area (Å²) in [6.07, 6.45) is 0. The van der Waals surface area contributed by atoms with E-state index < -0.39 is 0 Å². The van der Waals surface area contributed by atoms with Gasteiger partial charge < -0.3 is 10.5 Å². The molecule has 2 aromatic rings. The van der Waals surface area contributed by atoms with E-state index in [1.807, 2.05) is 38.2 Å². The molecule has 96 valence electrons. The highest BCUT2D eigenvalue weighted by atomic mass is 79.9. The molecule has 0 spiro atoms. The van der Waals surface area contributed by atoms with Gasteiger partial charge in [-0.25, -0.2) is 0 Å². The summed E-state index contributed by atoms with van der Waals surface area (Å²) in [5.74, 6) is 0.868. The molecular weight excluding hydrogens is 294 g/mol. The third kappa shape index (κ3) is 2.42. The molecule has 0 fully saturated rings. The third-order valence-corrected chi connectivity index (χ3v) is 3.57. The van der Waals surface area contributed by atoms with E-state index in [9.17, 15) is 0 Å². The normalized spacial score (nSPS) is 10.7. The fourth-order valence-electron chi connectivity index (χ4n) is 1.81. The Kier molecular flexibility index (Phi) is 4.04. The first-order chi connectivity index (χ1) is 8.67. The van der Waals surface area contributed by atoms with Crippen molar-refractivity contribution in [1.29, 1.82) is 0 Å². The lowest BCUT2D eigenvalue weighted by Gasteiger charge is -2.03. The first-order valence-corrected chi connectivity index (χ1v) is 6.61. The van der Waals surface area contributed by atoms with E-state index in [0.29, 0.717) is 13.2 Å². The van der Waals surface area contributed by atoms with Gasteiger partial charge >= 0.3 is 0 Å². The predicted octanol–water partition coefficient (Wildman–Crippen LogP) is 2.71. The molecule has 0 bridgehead atoms. The Morgan fingerprint density at radius 1 is 1.33 bits per heavy atom. The van der Waals surface area contributed by atoms with E-state index in [4.69, 9.17) is 10.5 Å². The fourth-order valence-corrected chi connectivity index (χ4v) is 2.54. The number of hydrogen-bond acceptors (Lipinski definition) is 3. The number of nitrogens with zero attached hydrogens (tertiary/aromatic N) is 2. The molecule has 0 aliphatic carbocycles. The quantitative estimate of drug-likeness (QED) is 0.944.